The second-order valence-corrected chi connectivity index (χ2v) is 5.71. The molecule has 0 saturated heterocycles. The molecule has 1 aliphatic heterocycles. The monoisotopic (exact) mass is 471 g/mol. The van der Waals surface area contributed by atoms with Gasteiger partial charge in [0.2, 0.25) is 0 Å². The van der Waals surface area contributed by atoms with Gasteiger partial charge in [0.05, 0.1) is 0 Å². The molecule has 2 aromatic carbocycles. The quantitative estimate of drug-likeness (QED) is 0.400. The molecule has 1 aliphatic rings. The Hall–Kier alpha value is -2.03. The Balaban J connectivity index is 0.00000243. The predicted molar refractivity (Wildman–Crippen MR) is 111 cm³/mol. The lowest BCUT2D eigenvalue weighted by atomic mass is 10.1. The number of aliphatic imine (C=N–C) groups is 1. The minimum atomic E-state index is -0.231. The topological polar surface area (TPSA) is 54.9 Å². The molecule has 0 amide bonds. The summed E-state index contributed by atoms with van der Waals surface area (Å²) in [6.45, 7) is 2.52. The van der Waals surface area contributed by atoms with Gasteiger partial charge in [0.1, 0.15) is 19.0 Å². The molecule has 0 spiro atoms. The van der Waals surface area contributed by atoms with Gasteiger partial charge in [-0.1, -0.05) is 18.2 Å². The van der Waals surface area contributed by atoms with Gasteiger partial charge in [-0.05, 0) is 41.8 Å². The minimum Gasteiger partial charge on any atom is -0.486 e. The molecular weight excluding hydrogens is 448 g/mol. The highest BCUT2D eigenvalue weighted by molar-refractivity contribution is 14.0. The van der Waals surface area contributed by atoms with E-state index in [9.17, 15) is 4.39 Å². The maximum atomic E-state index is 12.9. The van der Waals surface area contributed by atoms with Crippen molar-refractivity contribution in [2.24, 2.45) is 4.99 Å². The molecule has 0 atom stereocenters. The van der Waals surface area contributed by atoms with Crippen molar-refractivity contribution in [1.82, 2.24) is 10.6 Å². The predicted octanol–water partition coefficient (Wildman–Crippen LogP) is 3.12. The third-order valence-electron chi connectivity index (χ3n) is 3.91. The first-order valence-corrected chi connectivity index (χ1v) is 8.32. The summed E-state index contributed by atoms with van der Waals surface area (Å²) in [4.78, 5) is 4.20. The molecule has 0 radical (unpaired) electrons. The maximum absolute atomic E-state index is 12.9. The zero-order chi connectivity index (χ0) is 17.5. The fourth-order valence-electron chi connectivity index (χ4n) is 2.58. The van der Waals surface area contributed by atoms with Crippen LogP contribution in [0.4, 0.5) is 4.39 Å². The molecule has 0 aliphatic carbocycles. The highest BCUT2D eigenvalue weighted by atomic mass is 127. The van der Waals surface area contributed by atoms with Crippen molar-refractivity contribution < 1.29 is 13.9 Å². The Labute approximate surface area is 170 Å². The highest BCUT2D eigenvalue weighted by Crippen LogP contribution is 2.30. The number of nitrogens with one attached hydrogen (secondary N) is 2. The van der Waals surface area contributed by atoms with Crippen LogP contribution in [-0.4, -0.2) is 32.8 Å². The van der Waals surface area contributed by atoms with E-state index < -0.39 is 0 Å². The molecule has 0 saturated carbocycles. The summed E-state index contributed by atoms with van der Waals surface area (Å²) < 4.78 is 24.0. The largest absolute Gasteiger partial charge is 0.486 e. The fourth-order valence-corrected chi connectivity index (χ4v) is 2.58. The normalized spacial score (nSPS) is 12.9. The zero-order valence-electron chi connectivity index (χ0n) is 14.6. The first-order valence-electron chi connectivity index (χ1n) is 8.32. The van der Waals surface area contributed by atoms with Gasteiger partial charge in [0, 0.05) is 20.1 Å². The van der Waals surface area contributed by atoms with Crippen LogP contribution >= 0.6 is 24.0 Å². The van der Waals surface area contributed by atoms with Crippen molar-refractivity contribution in [2.45, 2.75) is 13.0 Å². The molecule has 26 heavy (non-hydrogen) atoms. The number of benzene rings is 2. The third kappa shape index (κ3) is 5.76. The molecule has 0 aromatic heterocycles. The summed E-state index contributed by atoms with van der Waals surface area (Å²) in [6.07, 6.45) is 0.841. The number of guanidine groups is 1. The van der Waals surface area contributed by atoms with Crippen LogP contribution in [-0.2, 0) is 13.0 Å². The van der Waals surface area contributed by atoms with Crippen LogP contribution in [0.1, 0.15) is 11.1 Å². The number of fused-ring (bicyclic) bond motifs is 1. The molecule has 0 unspecified atom stereocenters. The van der Waals surface area contributed by atoms with Crippen LogP contribution in [0.3, 0.4) is 0 Å². The highest BCUT2D eigenvalue weighted by Gasteiger charge is 2.11. The summed E-state index contributed by atoms with van der Waals surface area (Å²) in [5, 5.41) is 6.49. The van der Waals surface area contributed by atoms with Gasteiger partial charge in [-0.25, -0.2) is 4.39 Å². The molecular formula is C19H23FIN3O2. The Bertz CT molecular complexity index is 738. The van der Waals surface area contributed by atoms with Crippen molar-refractivity contribution in [2.75, 3.05) is 26.8 Å². The van der Waals surface area contributed by atoms with E-state index in [1.54, 1.807) is 19.2 Å². The number of hydrogen-bond acceptors (Lipinski definition) is 3. The van der Waals surface area contributed by atoms with E-state index in [2.05, 4.69) is 15.6 Å². The van der Waals surface area contributed by atoms with Gasteiger partial charge >= 0.3 is 0 Å². The Morgan fingerprint density at radius 1 is 1.00 bits per heavy atom. The smallest absolute Gasteiger partial charge is 0.191 e. The van der Waals surface area contributed by atoms with Crippen LogP contribution in [0, 0.1) is 5.82 Å². The van der Waals surface area contributed by atoms with E-state index >= 15 is 0 Å². The number of ether oxygens (including phenoxy) is 2. The van der Waals surface area contributed by atoms with E-state index in [1.807, 2.05) is 18.2 Å². The molecule has 140 valence electrons. The van der Waals surface area contributed by atoms with Gasteiger partial charge in [-0.15, -0.1) is 24.0 Å². The second-order valence-electron chi connectivity index (χ2n) is 5.71. The van der Waals surface area contributed by atoms with Crippen molar-refractivity contribution in [3.63, 3.8) is 0 Å². The second kappa shape index (κ2) is 10.2. The summed E-state index contributed by atoms with van der Waals surface area (Å²) in [7, 11) is 1.73. The molecule has 1 heterocycles. The van der Waals surface area contributed by atoms with Gasteiger partial charge in [0.25, 0.3) is 0 Å². The number of rotatable bonds is 5. The Kier molecular flexibility index (Phi) is 7.96. The maximum Gasteiger partial charge on any atom is 0.191 e. The lowest BCUT2D eigenvalue weighted by Gasteiger charge is -2.19. The average molecular weight is 471 g/mol. The van der Waals surface area contributed by atoms with E-state index in [-0.39, 0.29) is 29.8 Å². The van der Waals surface area contributed by atoms with Crippen molar-refractivity contribution in [3.8, 4) is 11.5 Å². The van der Waals surface area contributed by atoms with Gasteiger partial charge in [0.15, 0.2) is 17.5 Å². The van der Waals surface area contributed by atoms with Crippen molar-refractivity contribution >= 4 is 29.9 Å². The lowest BCUT2D eigenvalue weighted by Crippen LogP contribution is -2.37. The van der Waals surface area contributed by atoms with E-state index in [4.69, 9.17) is 9.47 Å². The fraction of sp³-hybridized carbons (Fsp3) is 0.316. The minimum absolute atomic E-state index is 0. The number of halogens is 2. The summed E-state index contributed by atoms with van der Waals surface area (Å²) in [5.41, 5.74) is 2.17. The summed E-state index contributed by atoms with van der Waals surface area (Å²) >= 11 is 0. The van der Waals surface area contributed by atoms with Crippen LogP contribution < -0.4 is 20.1 Å². The first kappa shape index (κ1) is 20.3. The first-order chi connectivity index (χ1) is 12.2. The van der Waals surface area contributed by atoms with E-state index in [0.717, 1.165) is 30.0 Å². The number of hydrogen-bond donors (Lipinski definition) is 2. The molecule has 5 nitrogen and oxygen atoms in total. The number of nitrogens with zero attached hydrogens (tertiary/aromatic N) is 1. The van der Waals surface area contributed by atoms with Gasteiger partial charge in [-0.2, -0.15) is 0 Å². The third-order valence-corrected chi connectivity index (χ3v) is 3.91. The molecule has 0 fully saturated rings. The summed E-state index contributed by atoms with van der Waals surface area (Å²) in [6, 6.07) is 12.4. The summed E-state index contributed by atoms with van der Waals surface area (Å²) in [5.74, 6) is 2.09. The van der Waals surface area contributed by atoms with Crippen LogP contribution in [0.2, 0.25) is 0 Å². The molecule has 2 N–H and O–H groups in total. The average Bonchev–Trinajstić information content (AvgIpc) is 2.65. The molecule has 7 heteroatoms. The standard InChI is InChI=1S/C19H22FN3O2.HI/c1-21-19(23-13-15-2-5-16(20)6-3-15)22-9-8-14-4-7-17-18(12-14)25-11-10-24-17;/h2-7,12H,8-11,13H2,1H3,(H2,21,22,23);1H. The molecule has 0 bridgehead atoms. The van der Waals surface area contributed by atoms with Crippen LogP contribution in [0.25, 0.3) is 0 Å². The Morgan fingerprint density at radius 3 is 2.42 bits per heavy atom. The lowest BCUT2D eigenvalue weighted by molar-refractivity contribution is 0.171. The SMILES string of the molecule is CN=C(NCCc1ccc2c(c1)OCCO2)NCc1ccc(F)cc1.I. The van der Waals surface area contributed by atoms with Gasteiger partial charge < -0.3 is 20.1 Å². The van der Waals surface area contributed by atoms with Crippen molar-refractivity contribution in [3.05, 3.63) is 59.4 Å². The van der Waals surface area contributed by atoms with E-state index in [0.29, 0.717) is 25.7 Å². The molecule has 2 aromatic rings. The zero-order valence-corrected chi connectivity index (χ0v) is 17.0. The molecule has 3 rings (SSSR count). The Morgan fingerprint density at radius 2 is 1.69 bits per heavy atom. The van der Waals surface area contributed by atoms with E-state index in [1.165, 1.54) is 17.7 Å². The van der Waals surface area contributed by atoms with Crippen LogP contribution in [0.5, 0.6) is 11.5 Å². The van der Waals surface area contributed by atoms with Crippen molar-refractivity contribution in [1.29, 1.82) is 0 Å². The van der Waals surface area contributed by atoms with Gasteiger partial charge in [-0.3, -0.25) is 4.99 Å². The van der Waals surface area contributed by atoms with Crippen LogP contribution in [0.15, 0.2) is 47.5 Å².